The highest BCUT2D eigenvalue weighted by atomic mass is 31.2. The summed E-state index contributed by atoms with van der Waals surface area (Å²) in [4.78, 5) is 29.2. The lowest BCUT2D eigenvalue weighted by Gasteiger charge is -2.26. The maximum atomic E-state index is 11.7. The second-order valence-corrected chi connectivity index (χ2v) is 5.92. The minimum Gasteiger partial charge on any atom is -0.465 e. The summed E-state index contributed by atoms with van der Waals surface area (Å²) >= 11 is 0. The minimum absolute atomic E-state index is 0.217. The Morgan fingerprint density at radius 2 is 1.89 bits per heavy atom. The first-order valence-corrected chi connectivity index (χ1v) is 7.08. The SMILES string of the molecule is COC(=O)c1ccccc1C(C)(C)COP(=O)(O)O. The van der Waals surface area contributed by atoms with E-state index in [1.165, 1.54) is 7.11 Å². The van der Waals surface area contributed by atoms with Crippen LogP contribution < -0.4 is 0 Å². The largest absolute Gasteiger partial charge is 0.469 e. The predicted octanol–water partition coefficient (Wildman–Crippen LogP) is 1.86. The van der Waals surface area contributed by atoms with Gasteiger partial charge in [0.15, 0.2) is 0 Å². The van der Waals surface area contributed by atoms with E-state index in [-0.39, 0.29) is 6.61 Å². The molecule has 6 nitrogen and oxygen atoms in total. The van der Waals surface area contributed by atoms with Crippen molar-refractivity contribution in [2.45, 2.75) is 19.3 Å². The summed E-state index contributed by atoms with van der Waals surface area (Å²) < 4.78 is 20.0. The van der Waals surface area contributed by atoms with Crippen molar-refractivity contribution in [3.63, 3.8) is 0 Å². The Kier molecular flexibility index (Phi) is 4.87. The Bertz CT molecular complexity index is 505. The third kappa shape index (κ3) is 4.44. The maximum absolute atomic E-state index is 11.7. The lowest BCUT2D eigenvalue weighted by molar-refractivity contribution is 0.0597. The van der Waals surface area contributed by atoms with E-state index >= 15 is 0 Å². The first kappa shape index (κ1) is 15.9. The Morgan fingerprint density at radius 1 is 1.32 bits per heavy atom. The van der Waals surface area contributed by atoms with Crippen molar-refractivity contribution in [2.75, 3.05) is 13.7 Å². The van der Waals surface area contributed by atoms with Gasteiger partial charge in [0.2, 0.25) is 0 Å². The molecule has 0 radical (unpaired) electrons. The van der Waals surface area contributed by atoms with Gasteiger partial charge in [-0.15, -0.1) is 0 Å². The van der Waals surface area contributed by atoms with Gasteiger partial charge in [-0.05, 0) is 11.6 Å². The second-order valence-electron chi connectivity index (χ2n) is 4.69. The molecule has 0 amide bonds. The number of carbonyl (C=O) groups excluding carboxylic acids is 1. The fourth-order valence-corrected chi connectivity index (χ4v) is 2.18. The Hall–Kier alpha value is -1.20. The fourth-order valence-electron chi connectivity index (χ4n) is 1.68. The van der Waals surface area contributed by atoms with Gasteiger partial charge in [0.05, 0.1) is 19.3 Å². The predicted molar refractivity (Wildman–Crippen MR) is 68.8 cm³/mol. The smallest absolute Gasteiger partial charge is 0.465 e. The van der Waals surface area contributed by atoms with Gasteiger partial charge >= 0.3 is 13.8 Å². The summed E-state index contributed by atoms with van der Waals surface area (Å²) in [7, 11) is -3.27. The van der Waals surface area contributed by atoms with E-state index in [1.54, 1.807) is 38.1 Å². The van der Waals surface area contributed by atoms with E-state index in [2.05, 4.69) is 9.26 Å². The normalized spacial score (nSPS) is 12.3. The molecule has 1 rings (SSSR count). The summed E-state index contributed by atoms with van der Waals surface area (Å²) in [5.41, 5.74) is 0.214. The summed E-state index contributed by atoms with van der Waals surface area (Å²) in [6.45, 7) is 3.24. The maximum Gasteiger partial charge on any atom is 0.469 e. The molecule has 0 saturated heterocycles. The third-order valence-electron chi connectivity index (χ3n) is 2.66. The van der Waals surface area contributed by atoms with Gasteiger partial charge in [0.25, 0.3) is 0 Å². The van der Waals surface area contributed by atoms with Crippen LogP contribution in [0, 0.1) is 0 Å². The van der Waals surface area contributed by atoms with Gasteiger partial charge in [-0.1, -0.05) is 32.0 Å². The molecule has 0 fully saturated rings. The van der Waals surface area contributed by atoms with Crippen molar-refractivity contribution >= 4 is 13.8 Å². The number of ether oxygens (including phenoxy) is 1. The zero-order chi connectivity index (χ0) is 14.7. The molecule has 0 saturated carbocycles. The lowest BCUT2D eigenvalue weighted by atomic mass is 9.82. The number of benzene rings is 1. The van der Waals surface area contributed by atoms with Gasteiger partial charge in [0.1, 0.15) is 0 Å². The van der Waals surface area contributed by atoms with E-state index in [0.717, 1.165) is 0 Å². The number of phosphoric acid groups is 1. The molecule has 7 heteroatoms. The molecule has 2 N–H and O–H groups in total. The average molecular weight is 288 g/mol. The number of hydrogen-bond acceptors (Lipinski definition) is 4. The van der Waals surface area contributed by atoms with Crippen molar-refractivity contribution in [1.29, 1.82) is 0 Å². The molecule has 0 unspecified atom stereocenters. The van der Waals surface area contributed by atoms with Gasteiger partial charge in [-0.2, -0.15) is 0 Å². The van der Waals surface area contributed by atoms with Crippen LogP contribution in [0.3, 0.4) is 0 Å². The zero-order valence-electron chi connectivity index (χ0n) is 11.0. The molecule has 0 aliphatic rings. The highest BCUT2D eigenvalue weighted by Gasteiger charge is 2.29. The Balaban J connectivity index is 3.07. The molecule has 0 heterocycles. The third-order valence-corrected chi connectivity index (χ3v) is 3.12. The molecule has 0 aromatic heterocycles. The van der Waals surface area contributed by atoms with E-state index in [0.29, 0.717) is 11.1 Å². The number of phosphoric ester groups is 1. The van der Waals surface area contributed by atoms with Crippen LogP contribution in [0.25, 0.3) is 0 Å². The second kappa shape index (κ2) is 5.84. The molecule has 0 spiro atoms. The van der Waals surface area contributed by atoms with E-state index in [9.17, 15) is 9.36 Å². The first-order chi connectivity index (χ1) is 8.67. The molecule has 0 aliphatic carbocycles. The van der Waals surface area contributed by atoms with Crippen LogP contribution in [-0.2, 0) is 19.2 Å². The number of hydrogen-bond donors (Lipinski definition) is 2. The van der Waals surface area contributed by atoms with Crippen LogP contribution in [-0.4, -0.2) is 29.5 Å². The standard InChI is InChI=1S/C12H17O6P/c1-12(2,8-18-19(14,15)16)10-7-5-4-6-9(10)11(13)17-3/h4-7H,8H2,1-3H3,(H2,14,15,16). The highest BCUT2D eigenvalue weighted by molar-refractivity contribution is 7.46. The number of esters is 1. The minimum atomic E-state index is -4.54. The van der Waals surface area contributed by atoms with Crippen LogP contribution in [0.4, 0.5) is 0 Å². The van der Waals surface area contributed by atoms with Crippen LogP contribution in [0.1, 0.15) is 29.8 Å². The molecule has 19 heavy (non-hydrogen) atoms. The van der Waals surface area contributed by atoms with Gasteiger partial charge in [-0.25, -0.2) is 9.36 Å². The van der Waals surface area contributed by atoms with Crippen molar-refractivity contribution in [3.8, 4) is 0 Å². The molecule has 1 aromatic rings. The lowest BCUT2D eigenvalue weighted by Crippen LogP contribution is -2.26. The molecule has 0 atom stereocenters. The van der Waals surface area contributed by atoms with Gasteiger partial charge in [0, 0.05) is 5.41 Å². The van der Waals surface area contributed by atoms with Crippen LogP contribution in [0.2, 0.25) is 0 Å². The molecule has 1 aromatic carbocycles. The molecule has 0 bridgehead atoms. The van der Waals surface area contributed by atoms with Crippen molar-refractivity contribution in [3.05, 3.63) is 35.4 Å². The molecular formula is C12H17O6P. The number of carbonyl (C=O) groups is 1. The highest BCUT2D eigenvalue weighted by Crippen LogP contribution is 2.39. The van der Waals surface area contributed by atoms with Gasteiger partial charge in [-0.3, -0.25) is 4.52 Å². The fraction of sp³-hybridized carbons (Fsp3) is 0.417. The quantitative estimate of drug-likeness (QED) is 0.634. The molecule has 0 aliphatic heterocycles. The van der Waals surface area contributed by atoms with E-state index in [1.807, 2.05) is 0 Å². The van der Waals surface area contributed by atoms with Crippen molar-refractivity contribution in [1.82, 2.24) is 0 Å². The van der Waals surface area contributed by atoms with Gasteiger partial charge < -0.3 is 14.5 Å². The Morgan fingerprint density at radius 3 is 2.42 bits per heavy atom. The van der Waals surface area contributed by atoms with Crippen LogP contribution in [0.15, 0.2) is 24.3 Å². The van der Waals surface area contributed by atoms with Crippen LogP contribution in [0.5, 0.6) is 0 Å². The van der Waals surface area contributed by atoms with Crippen molar-refractivity contribution in [2.24, 2.45) is 0 Å². The number of rotatable bonds is 5. The summed E-state index contributed by atoms with van der Waals surface area (Å²) in [5, 5.41) is 0. The molecule has 106 valence electrons. The van der Waals surface area contributed by atoms with E-state index in [4.69, 9.17) is 9.79 Å². The first-order valence-electron chi connectivity index (χ1n) is 5.55. The average Bonchev–Trinajstić information content (AvgIpc) is 2.35. The zero-order valence-corrected chi connectivity index (χ0v) is 11.9. The monoisotopic (exact) mass is 288 g/mol. The van der Waals surface area contributed by atoms with Crippen molar-refractivity contribution < 1.29 is 28.4 Å². The topological polar surface area (TPSA) is 93.1 Å². The molecular weight excluding hydrogens is 271 g/mol. The Labute approximate surface area is 111 Å². The summed E-state index contributed by atoms with van der Waals surface area (Å²) in [5.74, 6) is -0.500. The summed E-state index contributed by atoms with van der Waals surface area (Å²) in [6.07, 6.45) is 0. The number of methoxy groups -OCH3 is 1. The van der Waals surface area contributed by atoms with Crippen LogP contribution >= 0.6 is 7.82 Å². The summed E-state index contributed by atoms with van der Waals surface area (Å²) in [6, 6.07) is 6.73. The van der Waals surface area contributed by atoms with E-state index < -0.39 is 19.2 Å².